The third-order valence-corrected chi connectivity index (χ3v) is 5.47. The van der Waals surface area contributed by atoms with Gasteiger partial charge in [-0.3, -0.25) is 0 Å². The molecule has 0 atom stereocenters. The minimum Gasteiger partial charge on any atom is -0.465 e. The van der Waals surface area contributed by atoms with Crippen molar-refractivity contribution < 1.29 is 28.6 Å². The van der Waals surface area contributed by atoms with E-state index in [1.807, 2.05) is 32.9 Å². The second kappa shape index (κ2) is 8.53. The summed E-state index contributed by atoms with van der Waals surface area (Å²) in [5.74, 6) is -0.390. The molecule has 1 aromatic rings. The fourth-order valence-corrected chi connectivity index (χ4v) is 3.73. The maximum absolute atomic E-state index is 12.6. The minimum atomic E-state index is -0.529. The van der Waals surface area contributed by atoms with Crippen molar-refractivity contribution in [2.45, 2.75) is 57.8 Å². The number of benzene rings is 1. The smallest absolute Gasteiger partial charge is 0.410 e. The summed E-state index contributed by atoms with van der Waals surface area (Å²) in [7, 11) is 1.34. The normalized spacial score (nSPS) is 18.7. The van der Waals surface area contributed by atoms with Gasteiger partial charge in [-0.2, -0.15) is 0 Å². The number of carbonyl (C=O) groups excluding carboxylic acids is 3. The maximum atomic E-state index is 12.6. The molecule has 0 aliphatic carbocycles. The lowest BCUT2D eigenvalue weighted by atomic mass is 9.87. The van der Waals surface area contributed by atoms with E-state index in [0.717, 1.165) is 12.0 Å². The largest absolute Gasteiger partial charge is 0.465 e. The Labute approximate surface area is 177 Å². The Morgan fingerprint density at radius 3 is 2.20 bits per heavy atom. The molecule has 0 bridgehead atoms. The molecule has 2 aliphatic heterocycles. The summed E-state index contributed by atoms with van der Waals surface area (Å²) in [6.45, 7) is 7.56. The van der Waals surface area contributed by atoms with Crippen LogP contribution in [-0.4, -0.2) is 65.9 Å². The van der Waals surface area contributed by atoms with E-state index in [2.05, 4.69) is 0 Å². The molecule has 8 nitrogen and oxygen atoms in total. The van der Waals surface area contributed by atoms with E-state index in [-0.39, 0.29) is 12.2 Å². The molecular weight excluding hydrogens is 388 g/mol. The first-order chi connectivity index (χ1) is 14.1. The molecule has 2 heterocycles. The highest BCUT2D eigenvalue weighted by molar-refractivity contribution is 5.89. The number of hydrogen-bond donors (Lipinski definition) is 0. The molecule has 0 aromatic heterocycles. The number of likely N-dealkylation sites (tertiary alicyclic amines) is 1. The second-order valence-corrected chi connectivity index (χ2v) is 8.88. The number of methoxy groups -OCH3 is 1. The third kappa shape index (κ3) is 5.23. The van der Waals surface area contributed by atoms with Crippen molar-refractivity contribution in [2.75, 3.05) is 26.7 Å². The molecule has 2 aliphatic rings. The predicted molar refractivity (Wildman–Crippen MR) is 109 cm³/mol. The van der Waals surface area contributed by atoms with Crippen molar-refractivity contribution in [2.24, 2.45) is 0 Å². The highest BCUT2D eigenvalue weighted by Gasteiger charge is 2.44. The van der Waals surface area contributed by atoms with Crippen LogP contribution in [-0.2, 0) is 20.8 Å². The van der Waals surface area contributed by atoms with Crippen molar-refractivity contribution in [3.63, 3.8) is 0 Å². The molecule has 164 valence electrons. The Morgan fingerprint density at radius 1 is 1.07 bits per heavy atom. The molecule has 2 fully saturated rings. The number of carbonyl (C=O) groups is 3. The van der Waals surface area contributed by atoms with E-state index in [0.29, 0.717) is 44.6 Å². The van der Waals surface area contributed by atoms with Gasteiger partial charge in [-0.25, -0.2) is 14.4 Å². The van der Waals surface area contributed by atoms with Crippen LogP contribution >= 0.6 is 0 Å². The number of hydrogen-bond acceptors (Lipinski definition) is 6. The number of piperidine rings is 1. The Balaban J connectivity index is 1.52. The number of nitrogens with zero attached hydrogens (tertiary/aromatic N) is 2. The van der Waals surface area contributed by atoms with Gasteiger partial charge < -0.3 is 24.0 Å². The molecule has 2 saturated heterocycles. The van der Waals surface area contributed by atoms with Crippen molar-refractivity contribution >= 4 is 18.2 Å². The van der Waals surface area contributed by atoms with Gasteiger partial charge in [0.2, 0.25) is 0 Å². The number of esters is 1. The van der Waals surface area contributed by atoms with Crippen LogP contribution in [0.1, 0.15) is 56.0 Å². The van der Waals surface area contributed by atoms with Gasteiger partial charge in [-0.1, -0.05) is 12.1 Å². The van der Waals surface area contributed by atoms with Crippen LogP contribution in [0.2, 0.25) is 0 Å². The van der Waals surface area contributed by atoms with E-state index in [9.17, 15) is 14.4 Å². The highest BCUT2D eigenvalue weighted by atomic mass is 16.6. The summed E-state index contributed by atoms with van der Waals surface area (Å²) < 4.78 is 16.0. The lowest BCUT2D eigenvalue weighted by Gasteiger charge is -2.45. The van der Waals surface area contributed by atoms with Crippen molar-refractivity contribution in [1.82, 2.24) is 9.80 Å². The number of rotatable bonds is 3. The molecule has 0 radical (unpaired) electrons. The number of ether oxygens (including phenoxy) is 3. The van der Waals surface area contributed by atoms with E-state index >= 15 is 0 Å². The average molecular weight is 418 g/mol. The molecule has 1 spiro atoms. The van der Waals surface area contributed by atoms with E-state index < -0.39 is 17.2 Å². The lowest BCUT2D eigenvalue weighted by Crippen LogP contribution is -2.55. The first-order valence-electron chi connectivity index (χ1n) is 10.2. The molecule has 0 N–H and O–H groups in total. The zero-order valence-electron chi connectivity index (χ0n) is 18.1. The van der Waals surface area contributed by atoms with Crippen LogP contribution in [0, 0.1) is 0 Å². The molecule has 1 aromatic carbocycles. The van der Waals surface area contributed by atoms with Gasteiger partial charge in [0.1, 0.15) is 11.2 Å². The van der Waals surface area contributed by atoms with Crippen molar-refractivity contribution in [3.8, 4) is 0 Å². The molecular formula is C22H30N2O6. The Bertz CT molecular complexity index is 791. The summed E-state index contributed by atoms with van der Waals surface area (Å²) in [5.41, 5.74) is 0.341. The van der Waals surface area contributed by atoms with Crippen LogP contribution in [0.5, 0.6) is 0 Å². The van der Waals surface area contributed by atoms with Crippen LogP contribution in [0.25, 0.3) is 0 Å². The van der Waals surface area contributed by atoms with Crippen molar-refractivity contribution in [1.29, 1.82) is 0 Å². The molecule has 0 unspecified atom stereocenters. The zero-order chi connectivity index (χ0) is 21.9. The summed E-state index contributed by atoms with van der Waals surface area (Å²) in [5, 5.41) is 0. The maximum Gasteiger partial charge on any atom is 0.410 e. The van der Waals surface area contributed by atoms with Crippen LogP contribution < -0.4 is 0 Å². The van der Waals surface area contributed by atoms with Crippen molar-refractivity contribution in [3.05, 3.63) is 35.4 Å². The topological polar surface area (TPSA) is 85.4 Å². The first kappa shape index (κ1) is 21.9. The molecule has 0 saturated carbocycles. The summed E-state index contributed by atoms with van der Waals surface area (Å²) >= 11 is 0. The van der Waals surface area contributed by atoms with Gasteiger partial charge in [0.25, 0.3) is 0 Å². The predicted octanol–water partition coefficient (Wildman–Crippen LogP) is 3.59. The summed E-state index contributed by atoms with van der Waals surface area (Å²) in [6.07, 6.45) is 1.28. The number of amides is 2. The second-order valence-electron chi connectivity index (χ2n) is 8.88. The Morgan fingerprint density at radius 2 is 1.67 bits per heavy atom. The monoisotopic (exact) mass is 418 g/mol. The fraction of sp³-hybridized carbons (Fsp3) is 0.591. The van der Waals surface area contributed by atoms with Gasteiger partial charge in [-0.05, 0) is 38.5 Å². The third-order valence-electron chi connectivity index (χ3n) is 5.47. The van der Waals surface area contributed by atoms with Gasteiger partial charge in [0.15, 0.2) is 0 Å². The highest BCUT2D eigenvalue weighted by Crippen LogP contribution is 2.34. The Kier molecular flexibility index (Phi) is 6.24. The SMILES string of the molecule is COC(=O)c1ccc(CN2CCC3(CCN(C(=O)OC(C)(C)C)CC3)OC2=O)cc1. The summed E-state index contributed by atoms with van der Waals surface area (Å²) in [4.78, 5) is 39.7. The lowest BCUT2D eigenvalue weighted by molar-refractivity contribution is -0.0826. The quantitative estimate of drug-likeness (QED) is 0.551. The van der Waals surface area contributed by atoms with Crippen LogP contribution in [0.15, 0.2) is 24.3 Å². The first-order valence-corrected chi connectivity index (χ1v) is 10.2. The van der Waals surface area contributed by atoms with Gasteiger partial charge >= 0.3 is 18.2 Å². The fourth-order valence-electron chi connectivity index (χ4n) is 3.73. The minimum absolute atomic E-state index is 0.323. The van der Waals surface area contributed by atoms with E-state index in [1.54, 1.807) is 21.9 Å². The summed E-state index contributed by atoms with van der Waals surface area (Å²) in [6, 6.07) is 6.99. The van der Waals surface area contributed by atoms with Gasteiger partial charge in [-0.15, -0.1) is 0 Å². The Hall–Kier alpha value is -2.77. The molecule has 3 rings (SSSR count). The van der Waals surface area contributed by atoms with E-state index in [1.165, 1.54) is 7.11 Å². The average Bonchev–Trinajstić information content (AvgIpc) is 2.69. The van der Waals surface area contributed by atoms with Crippen LogP contribution in [0.4, 0.5) is 9.59 Å². The molecule has 2 amide bonds. The zero-order valence-corrected chi connectivity index (χ0v) is 18.1. The molecule has 8 heteroatoms. The van der Waals surface area contributed by atoms with Gasteiger partial charge in [0.05, 0.1) is 12.7 Å². The van der Waals surface area contributed by atoms with Gasteiger partial charge in [0, 0.05) is 45.4 Å². The molecule has 30 heavy (non-hydrogen) atoms. The van der Waals surface area contributed by atoms with Crippen LogP contribution in [0.3, 0.4) is 0 Å². The standard InChI is InChI=1S/C22H30N2O6/c1-21(2,3)29-19(26)23-12-9-22(10-13-23)11-14-24(20(27)30-22)15-16-5-7-17(8-6-16)18(25)28-4/h5-8H,9-15H2,1-4H3. The van der Waals surface area contributed by atoms with E-state index in [4.69, 9.17) is 14.2 Å².